The Hall–Kier alpha value is -3.81. The van der Waals surface area contributed by atoms with Crippen molar-refractivity contribution in [1.82, 2.24) is 29.5 Å². The number of hydrogen-bond acceptors (Lipinski definition) is 5. The van der Waals surface area contributed by atoms with E-state index in [0.29, 0.717) is 17.3 Å². The van der Waals surface area contributed by atoms with E-state index in [1.165, 1.54) is 6.33 Å². The van der Waals surface area contributed by atoms with Crippen LogP contribution in [0, 0.1) is 0 Å². The van der Waals surface area contributed by atoms with Gasteiger partial charge in [0.25, 0.3) is 5.91 Å². The average Bonchev–Trinajstić information content (AvgIpc) is 3.32. The summed E-state index contributed by atoms with van der Waals surface area (Å²) >= 11 is 0. The molecule has 0 spiro atoms. The van der Waals surface area contributed by atoms with Crippen LogP contribution in [0.5, 0.6) is 0 Å². The third-order valence-corrected chi connectivity index (χ3v) is 3.82. The number of rotatable bonds is 4. The molecule has 0 saturated carbocycles. The van der Waals surface area contributed by atoms with Crippen molar-refractivity contribution in [2.75, 3.05) is 5.32 Å². The number of aromatic nitrogens is 6. The summed E-state index contributed by atoms with van der Waals surface area (Å²) in [6.07, 6.45) is 4.80. The van der Waals surface area contributed by atoms with Crippen molar-refractivity contribution in [3.05, 3.63) is 72.9 Å². The van der Waals surface area contributed by atoms with E-state index in [1.54, 1.807) is 47.0 Å². The topological polar surface area (TPSA) is 90.5 Å². The molecule has 0 fully saturated rings. The Morgan fingerprint density at radius 2 is 1.92 bits per heavy atom. The van der Waals surface area contributed by atoms with Gasteiger partial charge in [-0.15, -0.1) is 0 Å². The summed E-state index contributed by atoms with van der Waals surface area (Å²) in [6, 6.07) is 14.9. The summed E-state index contributed by atoms with van der Waals surface area (Å²) < 4.78 is 3.14. The predicted molar refractivity (Wildman–Crippen MR) is 95.8 cm³/mol. The maximum atomic E-state index is 12.6. The van der Waals surface area contributed by atoms with E-state index in [4.69, 9.17) is 0 Å². The van der Waals surface area contributed by atoms with Gasteiger partial charge in [0.2, 0.25) is 0 Å². The molecule has 3 heterocycles. The molecule has 8 heteroatoms. The van der Waals surface area contributed by atoms with Crippen molar-refractivity contribution in [2.45, 2.75) is 0 Å². The van der Waals surface area contributed by atoms with Gasteiger partial charge in [0.15, 0.2) is 5.82 Å². The van der Waals surface area contributed by atoms with Crippen LogP contribution in [-0.2, 0) is 7.05 Å². The maximum absolute atomic E-state index is 12.6. The fourth-order valence-corrected chi connectivity index (χ4v) is 2.56. The Labute approximate surface area is 149 Å². The molecule has 0 aliphatic rings. The van der Waals surface area contributed by atoms with Crippen LogP contribution in [0.3, 0.4) is 0 Å². The largest absolute Gasteiger partial charge is 0.305 e. The molecular weight excluding hydrogens is 330 g/mol. The predicted octanol–water partition coefficient (Wildman–Crippen LogP) is 2.32. The summed E-state index contributed by atoms with van der Waals surface area (Å²) in [5.74, 6) is 0.653. The highest BCUT2D eigenvalue weighted by molar-refractivity contribution is 6.03. The second kappa shape index (κ2) is 6.60. The molecule has 0 radical (unpaired) electrons. The molecule has 0 unspecified atom stereocenters. The van der Waals surface area contributed by atoms with Crippen LogP contribution >= 0.6 is 0 Å². The van der Waals surface area contributed by atoms with Gasteiger partial charge in [-0.2, -0.15) is 10.2 Å². The van der Waals surface area contributed by atoms with Crippen molar-refractivity contribution >= 4 is 11.7 Å². The first-order valence-corrected chi connectivity index (χ1v) is 7.93. The zero-order valence-electron chi connectivity index (χ0n) is 13.9. The molecule has 8 nitrogen and oxygen atoms in total. The monoisotopic (exact) mass is 345 g/mol. The Kier molecular flexibility index (Phi) is 3.98. The normalized spacial score (nSPS) is 10.7. The highest BCUT2D eigenvalue weighted by atomic mass is 16.2. The minimum absolute atomic E-state index is 0.299. The van der Waals surface area contributed by atoms with Crippen molar-refractivity contribution in [3.63, 3.8) is 0 Å². The molecule has 0 atom stereocenters. The van der Waals surface area contributed by atoms with Gasteiger partial charge in [-0.25, -0.2) is 14.6 Å². The summed E-state index contributed by atoms with van der Waals surface area (Å²) in [5.41, 5.74) is 2.12. The zero-order chi connectivity index (χ0) is 17.9. The molecule has 26 heavy (non-hydrogen) atoms. The number of amides is 1. The van der Waals surface area contributed by atoms with Crippen molar-refractivity contribution in [1.29, 1.82) is 0 Å². The number of nitrogens with zero attached hydrogens (tertiary/aromatic N) is 6. The van der Waals surface area contributed by atoms with Gasteiger partial charge < -0.3 is 5.32 Å². The standard InChI is InChI=1S/C18H15N7O/c1-24-15(10-14(23-24)13-6-3-2-4-7-13)18(26)22-16-11-17(20-12-19-16)25-9-5-8-21-25/h2-12H,1H3,(H,19,20,22,26). The fourth-order valence-electron chi connectivity index (χ4n) is 2.56. The van der Waals surface area contributed by atoms with Crippen molar-refractivity contribution in [3.8, 4) is 17.1 Å². The van der Waals surface area contributed by atoms with E-state index in [1.807, 2.05) is 30.3 Å². The first-order valence-electron chi connectivity index (χ1n) is 7.93. The quantitative estimate of drug-likeness (QED) is 0.613. The van der Waals surface area contributed by atoms with Crippen LogP contribution < -0.4 is 5.32 Å². The van der Waals surface area contributed by atoms with E-state index in [2.05, 4.69) is 25.5 Å². The number of carbonyl (C=O) groups excluding carboxylic acids is 1. The molecule has 0 bridgehead atoms. The molecule has 4 aromatic rings. The third-order valence-electron chi connectivity index (χ3n) is 3.82. The summed E-state index contributed by atoms with van der Waals surface area (Å²) in [6.45, 7) is 0. The van der Waals surface area contributed by atoms with E-state index in [9.17, 15) is 4.79 Å². The number of benzene rings is 1. The number of hydrogen-bond donors (Lipinski definition) is 1. The number of nitrogens with one attached hydrogen (secondary N) is 1. The van der Waals surface area contributed by atoms with E-state index in [-0.39, 0.29) is 5.91 Å². The van der Waals surface area contributed by atoms with Gasteiger partial charge in [-0.1, -0.05) is 30.3 Å². The molecule has 0 saturated heterocycles. The van der Waals surface area contributed by atoms with Crippen molar-refractivity contribution in [2.24, 2.45) is 7.05 Å². The second-order valence-electron chi connectivity index (χ2n) is 5.57. The lowest BCUT2D eigenvalue weighted by Crippen LogP contribution is -2.17. The van der Waals surface area contributed by atoms with Gasteiger partial charge in [0, 0.05) is 31.1 Å². The van der Waals surface area contributed by atoms with Crippen LogP contribution in [-0.4, -0.2) is 35.4 Å². The molecule has 0 aliphatic carbocycles. The molecule has 128 valence electrons. The fraction of sp³-hybridized carbons (Fsp3) is 0.0556. The Balaban J connectivity index is 1.58. The van der Waals surface area contributed by atoms with Crippen molar-refractivity contribution < 1.29 is 4.79 Å². The molecule has 1 N–H and O–H groups in total. The number of aryl methyl sites for hydroxylation is 1. The minimum atomic E-state index is -0.299. The SMILES string of the molecule is Cn1nc(-c2ccccc2)cc1C(=O)Nc1cc(-n2cccn2)ncn1. The third kappa shape index (κ3) is 3.07. The van der Waals surface area contributed by atoms with Crippen LogP contribution in [0.25, 0.3) is 17.1 Å². The molecule has 4 rings (SSSR count). The van der Waals surface area contributed by atoms with Crippen LogP contribution in [0.15, 0.2) is 67.3 Å². The highest BCUT2D eigenvalue weighted by Crippen LogP contribution is 2.19. The molecule has 1 aromatic carbocycles. The minimum Gasteiger partial charge on any atom is -0.305 e. The number of carbonyl (C=O) groups is 1. The lowest BCUT2D eigenvalue weighted by atomic mass is 10.1. The van der Waals surface area contributed by atoms with Gasteiger partial charge in [-0.05, 0) is 12.1 Å². The lowest BCUT2D eigenvalue weighted by molar-refractivity contribution is 0.101. The summed E-state index contributed by atoms with van der Waals surface area (Å²) in [7, 11) is 1.73. The smallest absolute Gasteiger partial charge is 0.275 e. The lowest BCUT2D eigenvalue weighted by Gasteiger charge is -2.06. The molecule has 3 aromatic heterocycles. The van der Waals surface area contributed by atoms with Gasteiger partial charge >= 0.3 is 0 Å². The van der Waals surface area contributed by atoms with E-state index in [0.717, 1.165) is 11.3 Å². The van der Waals surface area contributed by atoms with E-state index < -0.39 is 0 Å². The maximum Gasteiger partial charge on any atom is 0.275 e. The van der Waals surface area contributed by atoms with Crippen LogP contribution in [0.1, 0.15) is 10.5 Å². The molecule has 0 aliphatic heterocycles. The summed E-state index contributed by atoms with van der Waals surface area (Å²) in [4.78, 5) is 20.9. The second-order valence-corrected chi connectivity index (χ2v) is 5.57. The average molecular weight is 345 g/mol. The molecular formula is C18H15N7O. The van der Waals surface area contributed by atoms with E-state index >= 15 is 0 Å². The Morgan fingerprint density at radius 1 is 1.08 bits per heavy atom. The molecule has 1 amide bonds. The van der Waals surface area contributed by atoms with Crippen LogP contribution in [0.2, 0.25) is 0 Å². The van der Waals surface area contributed by atoms with Crippen LogP contribution in [0.4, 0.5) is 5.82 Å². The van der Waals surface area contributed by atoms with Gasteiger partial charge in [0.1, 0.15) is 17.8 Å². The first kappa shape index (κ1) is 15.7. The summed E-state index contributed by atoms with van der Waals surface area (Å²) in [5, 5.41) is 11.3. The Morgan fingerprint density at radius 3 is 2.69 bits per heavy atom. The highest BCUT2D eigenvalue weighted by Gasteiger charge is 2.15. The first-order chi connectivity index (χ1) is 12.7. The zero-order valence-corrected chi connectivity index (χ0v) is 13.9. The number of anilines is 1. The Bertz CT molecular complexity index is 1040. The van der Waals surface area contributed by atoms with Gasteiger partial charge in [0.05, 0.1) is 5.69 Å². The van der Waals surface area contributed by atoms with Gasteiger partial charge in [-0.3, -0.25) is 9.48 Å².